The van der Waals surface area contributed by atoms with Gasteiger partial charge in [0.25, 0.3) is 0 Å². The van der Waals surface area contributed by atoms with Crippen LogP contribution in [-0.2, 0) is 39.8 Å². The molecule has 0 fully saturated rings. The van der Waals surface area contributed by atoms with Crippen molar-refractivity contribution in [2.75, 3.05) is 0 Å². The molecule has 34 heavy (non-hydrogen) atoms. The van der Waals surface area contributed by atoms with E-state index >= 15 is 0 Å². The predicted molar refractivity (Wildman–Crippen MR) is 141 cm³/mol. The molecule has 0 aliphatic heterocycles. The maximum absolute atomic E-state index is 2.39. The van der Waals surface area contributed by atoms with Crippen molar-refractivity contribution in [1.82, 2.24) is 0 Å². The average molecular weight is 445 g/mol. The molecule has 8 rings (SSSR count). The summed E-state index contributed by atoms with van der Waals surface area (Å²) in [6.45, 7) is 0. The summed E-state index contributed by atoms with van der Waals surface area (Å²) in [7, 11) is 4.10. The van der Waals surface area contributed by atoms with E-state index in [9.17, 15) is 0 Å². The standard InChI is InChI=1S/C32H32N2/c1-33-19-15-25(16-20-33)5-11-31-23-27-3-4-28-8-10-30(14-13-29(31)9-7-27)32(24-28)12-6-26-17-21-34(2)22-18-26/h5-12,15-24H,3-4,13-14H2,1-2H3/q+2/b11-5+,12-6+. The maximum Gasteiger partial charge on any atom is 0.169 e. The Hall–Kier alpha value is -3.78. The lowest BCUT2D eigenvalue weighted by atomic mass is 9.90. The van der Waals surface area contributed by atoms with Crippen LogP contribution in [0.1, 0.15) is 44.5 Å². The van der Waals surface area contributed by atoms with Gasteiger partial charge in [0.15, 0.2) is 24.8 Å². The summed E-state index contributed by atoms with van der Waals surface area (Å²) in [6, 6.07) is 22.7. The van der Waals surface area contributed by atoms with E-state index < -0.39 is 0 Å². The first-order chi connectivity index (χ1) is 16.6. The zero-order chi connectivity index (χ0) is 23.3. The second kappa shape index (κ2) is 10.0. The Morgan fingerprint density at radius 2 is 0.912 bits per heavy atom. The average Bonchev–Trinajstić information content (AvgIpc) is 2.85. The SMILES string of the molecule is C[n+]1ccc(/C=C/c2cc3ccc2CCc2ccc(cc2/C=C/c2cc[n+](C)cc2)CC3)cc1. The molecule has 2 heteroatoms. The van der Waals surface area contributed by atoms with E-state index in [1.54, 1.807) is 0 Å². The molecule has 0 N–H and O–H groups in total. The fourth-order valence-electron chi connectivity index (χ4n) is 4.54. The Morgan fingerprint density at radius 1 is 0.500 bits per heavy atom. The zero-order valence-corrected chi connectivity index (χ0v) is 20.1. The molecule has 0 amide bonds. The van der Waals surface area contributed by atoms with Crippen molar-refractivity contribution < 1.29 is 9.13 Å². The minimum absolute atomic E-state index is 1.03. The molecule has 0 unspecified atom stereocenters. The number of aromatic nitrogens is 2. The van der Waals surface area contributed by atoms with E-state index in [0.717, 1.165) is 25.7 Å². The summed E-state index contributed by atoms with van der Waals surface area (Å²) >= 11 is 0. The summed E-state index contributed by atoms with van der Waals surface area (Å²) in [5.74, 6) is 0. The number of nitrogens with zero attached hydrogens (tertiary/aromatic N) is 2. The number of hydrogen-bond acceptors (Lipinski definition) is 0. The molecule has 2 aromatic carbocycles. The highest BCUT2D eigenvalue weighted by Crippen LogP contribution is 2.24. The van der Waals surface area contributed by atoms with Gasteiger partial charge in [0.2, 0.25) is 0 Å². The second-order valence-corrected chi connectivity index (χ2v) is 9.33. The molecular weight excluding hydrogens is 412 g/mol. The van der Waals surface area contributed by atoms with Crippen molar-refractivity contribution >= 4 is 24.3 Å². The van der Waals surface area contributed by atoms with E-state index in [2.05, 4.69) is 133 Å². The van der Waals surface area contributed by atoms with Crippen molar-refractivity contribution in [2.24, 2.45) is 14.1 Å². The molecule has 4 aliphatic rings. The molecule has 0 saturated carbocycles. The number of pyridine rings is 2. The van der Waals surface area contributed by atoms with Crippen LogP contribution in [0, 0.1) is 0 Å². The van der Waals surface area contributed by atoms with Crippen molar-refractivity contribution in [3.63, 3.8) is 0 Å². The Bertz CT molecular complexity index is 1240. The number of rotatable bonds is 4. The highest BCUT2D eigenvalue weighted by molar-refractivity contribution is 5.72. The molecular formula is C32H32N2+2. The first kappa shape index (κ1) is 22.0. The molecule has 0 atom stereocenters. The Balaban J connectivity index is 1.43. The quantitative estimate of drug-likeness (QED) is 0.364. The normalized spacial score (nSPS) is 13.5. The Labute approximate surface area is 203 Å². The van der Waals surface area contributed by atoms with Gasteiger partial charge in [-0.2, -0.15) is 0 Å². The van der Waals surface area contributed by atoms with Gasteiger partial charge in [-0.05, 0) is 70.2 Å². The fraction of sp³-hybridized carbons (Fsp3) is 0.188. The first-order valence-corrected chi connectivity index (χ1v) is 12.1. The van der Waals surface area contributed by atoms with Gasteiger partial charge in [-0.15, -0.1) is 0 Å². The molecule has 4 aromatic rings. The molecule has 2 nitrogen and oxygen atoms in total. The molecule has 0 radical (unpaired) electrons. The third-order valence-electron chi connectivity index (χ3n) is 6.71. The minimum Gasteiger partial charge on any atom is -0.208 e. The van der Waals surface area contributed by atoms with Gasteiger partial charge < -0.3 is 0 Å². The highest BCUT2D eigenvalue weighted by atomic mass is 14.9. The van der Waals surface area contributed by atoms with Crippen LogP contribution < -0.4 is 9.13 Å². The van der Waals surface area contributed by atoms with Gasteiger partial charge in [0.05, 0.1) is 0 Å². The van der Waals surface area contributed by atoms with Crippen LogP contribution >= 0.6 is 0 Å². The third kappa shape index (κ3) is 5.40. The predicted octanol–water partition coefficient (Wildman–Crippen LogP) is 5.56. The summed E-state index contributed by atoms with van der Waals surface area (Å²) in [6.07, 6.45) is 21.6. The third-order valence-corrected chi connectivity index (χ3v) is 6.71. The molecule has 0 saturated heterocycles. The Morgan fingerprint density at radius 3 is 1.32 bits per heavy atom. The van der Waals surface area contributed by atoms with E-state index in [0.29, 0.717) is 0 Å². The van der Waals surface area contributed by atoms with Gasteiger partial charge in [0.1, 0.15) is 14.1 Å². The topological polar surface area (TPSA) is 7.76 Å². The number of benzene rings is 2. The molecule has 2 aromatic heterocycles. The van der Waals surface area contributed by atoms with Gasteiger partial charge >= 0.3 is 0 Å². The van der Waals surface area contributed by atoms with Gasteiger partial charge in [-0.25, -0.2) is 9.13 Å². The van der Waals surface area contributed by atoms with Crippen molar-refractivity contribution in [1.29, 1.82) is 0 Å². The van der Waals surface area contributed by atoms with Crippen LogP contribution in [0.15, 0.2) is 85.5 Å². The van der Waals surface area contributed by atoms with Gasteiger partial charge in [0, 0.05) is 24.3 Å². The van der Waals surface area contributed by atoms with Crippen molar-refractivity contribution in [3.05, 3.63) is 130 Å². The lowest BCUT2D eigenvalue weighted by Crippen LogP contribution is -2.25. The molecule has 168 valence electrons. The smallest absolute Gasteiger partial charge is 0.169 e. The second-order valence-electron chi connectivity index (χ2n) is 9.33. The lowest BCUT2D eigenvalue weighted by molar-refractivity contribution is -0.671. The van der Waals surface area contributed by atoms with Crippen LogP contribution in [-0.4, -0.2) is 0 Å². The van der Waals surface area contributed by atoms with Crippen LogP contribution in [0.25, 0.3) is 24.3 Å². The molecule has 4 aliphatic carbocycles. The summed E-state index contributed by atoms with van der Waals surface area (Å²) < 4.78 is 4.13. The lowest BCUT2D eigenvalue weighted by Gasteiger charge is -2.15. The van der Waals surface area contributed by atoms with Crippen molar-refractivity contribution in [3.8, 4) is 0 Å². The van der Waals surface area contributed by atoms with E-state index in [4.69, 9.17) is 0 Å². The van der Waals surface area contributed by atoms with Crippen LogP contribution in [0.5, 0.6) is 0 Å². The minimum atomic E-state index is 1.03. The van der Waals surface area contributed by atoms with Crippen molar-refractivity contribution in [2.45, 2.75) is 25.7 Å². The summed E-state index contributed by atoms with van der Waals surface area (Å²) in [5.41, 5.74) is 10.8. The first-order valence-electron chi connectivity index (χ1n) is 12.1. The fourth-order valence-corrected chi connectivity index (χ4v) is 4.54. The van der Waals surface area contributed by atoms with Gasteiger partial charge in [-0.1, -0.05) is 60.7 Å². The summed E-state index contributed by atoms with van der Waals surface area (Å²) in [4.78, 5) is 0. The molecule has 4 bridgehead atoms. The highest BCUT2D eigenvalue weighted by Gasteiger charge is 2.09. The molecule has 2 heterocycles. The number of hydrogen-bond donors (Lipinski definition) is 0. The maximum atomic E-state index is 2.39. The summed E-state index contributed by atoms with van der Waals surface area (Å²) in [5, 5.41) is 0. The Kier molecular flexibility index (Phi) is 6.49. The van der Waals surface area contributed by atoms with E-state index in [1.807, 2.05) is 0 Å². The number of aryl methyl sites for hydroxylation is 6. The zero-order valence-electron chi connectivity index (χ0n) is 20.1. The largest absolute Gasteiger partial charge is 0.208 e. The van der Waals surface area contributed by atoms with E-state index in [-0.39, 0.29) is 0 Å². The van der Waals surface area contributed by atoms with Gasteiger partial charge in [-0.3, -0.25) is 0 Å². The monoisotopic (exact) mass is 444 g/mol. The van der Waals surface area contributed by atoms with Crippen LogP contribution in [0.2, 0.25) is 0 Å². The van der Waals surface area contributed by atoms with E-state index in [1.165, 1.54) is 44.5 Å². The molecule has 0 spiro atoms. The van der Waals surface area contributed by atoms with Crippen LogP contribution in [0.3, 0.4) is 0 Å². The van der Waals surface area contributed by atoms with Crippen LogP contribution in [0.4, 0.5) is 0 Å².